The number of ether oxygens (including phenoxy) is 9. The number of aliphatic hydroxyl groups is 2. The van der Waals surface area contributed by atoms with Gasteiger partial charge in [0.2, 0.25) is 0 Å². The molecule has 0 spiro atoms. The van der Waals surface area contributed by atoms with E-state index in [1.807, 2.05) is 6.07 Å². The highest BCUT2D eigenvalue weighted by molar-refractivity contribution is 5.89. The molecule has 0 amide bonds. The summed E-state index contributed by atoms with van der Waals surface area (Å²) in [5.74, 6) is -0.606. The number of unbranched alkanes of at least 4 members (excludes halogenated alkanes) is 5. The summed E-state index contributed by atoms with van der Waals surface area (Å²) in [7, 11) is 0. The lowest BCUT2D eigenvalue weighted by atomic mass is 9.97. The molecule has 12 nitrogen and oxygen atoms in total. The Morgan fingerprint density at radius 1 is 0.588 bits per heavy atom. The largest absolute Gasteiger partial charge is 0.450 e. The van der Waals surface area contributed by atoms with Gasteiger partial charge in [-0.2, -0.15) is 0 Å². The van der Waals surface area contributed by atoms with Crippen LogP contribution < -0.4 is 0 Å². The predicted octanol–water partition coefficient (Wildman–Crippen LogP) is 5.59. The number of esters is 1. The molecule has 2 aliphatic heterocycles. The Kier molecular flexibility index (Phi) is 21.7. The highest BCUT2D eigenvalue weighted by atomic mass is 16.7. The van der Waals surface area contributed by atoms with Crippen molar-refractivity contribution in [2.75, 3.05) is 46.2 Å². The fourth-order valence-corrected chi connectivity index (χ4v) is 5.96. The Hall–Kier alpha value is -1.71. The fraction of sp³-hybridized carbons (Fsp3) is 0.821. The first-order valence-electron chi connectivity index (χ1n) is 19.5. The Bertz CT molecular complexity index is 1030. The van der Waals surface area contributed by atoms with Crippen molar-refractivity contribution < 1.29 is 57.6 Å². The van der Waals surface area contributed by atoms with Gasteiger partial charge < -0.3 is 52.8 Å². The van der Waals surface area contributed by atoms with Crippen LogP contribution in [-0.2, 0) is 42.6 Å². The van der Waals surface area contributed by atoms with Crippen molar-refractivity contribution in [1.82, 2.24) is 0 Å². The van der Waals surface area contributed by atoms with Gasteiger partial charge in [0.15, 0.2) is 18.7 Å². The molecule has 2 aliphatic rings. The van der Waals surface area contributed by atoms with Gasteiger partial charge in [-0.15, -0.1) is 0 Å². The third-order valence-corrected chi connectivity index (χ3v) is 9.06. The first-order valence-corrected chi connectivity index (χ1v) is 19.5. The maximum absolute atomic E-state index is 13.1. The molecule has 2 N–H and O–H groups in total. The maximum atomic E-state index is 13.1. The van der Waals surface area contributed by atoms with Crippen molar-refractivity contribution in [2.45, 2.75) is 160 Å². The fourth-order valence-electron chi connectivity index (χ4n) is 5.96. The van der Waals surface area contributed by atoms with Crippen LogP contribution in [0.25, 0.3) is 0 Å². The summed E-state index contributed by atoms with van der Waals surface area (Å²) in [5, 5.41) is 22.9. The van der Waals surface area contributed by atoms with Crippen molar-refractivity contribution in [3.05, 3.63) is 35.9 Å². The average Bonchev–Trinajstić information content (AvgIpc) is 3.14. The molecule has 0 aliphatic carbocycles. The van der Waals surface area contributed by atoms with Gasteiger partial charge in [-0.25, -0.2) is 4.79 Å². The van der Waals surface area contributed by atoms with Crippen molar-refractivity contribution >= 4 is 5.97 Å². The topological polar surface area (TPSA) is 141 Å². The summed E-state index contributed by atoms with van der Waals surface area (Å²) in [6.07, 6.45) is -0.409. The quantitative estimate of drug-likeness (QED) is 0.0909. The van der Waals surface area contributed by atoms with Gasteiger partial charge in [-0.05, 0) is 44.2 Å². The number of hydrogen-bond acceptors (Lipinski definition) is 12. The van der Waals surface area contributed by atoms with E-state index in [9.17, 15) is 15.0 Å². The zero-order valence-corrected chi connectivity index (χ0v) is 31.7. The molecule has 0 aromatic heterocycles. The summed E-state index contributed by atoms with van der Waals surface area (Å²) in [4.78, 5) is 13.1. The van der Waals surface area contributed by atoms with Gasteiger partial charge in [0, 0.05) is 33.0 Å². The van der Waals surface area contributed by atoms with Crippen LogP contribution >= 0.6 is 0 Å². The Balaban J connectivity index is 1.84. The summed E-state index contributed by atoms with van der Waals surface area (Å²) in [5.41, 5.74) is 0.343. The van der Waals surface area contributed by atoms with E-state index in [0.29, 0.717) is 38.6 Å². The molecule has 0 bridgehead atoms. The molecule has 1 aromatic rings. The van der Waals surface area contributed by atoms with Crippen molar-refractivity contribution in [1.29, 1.82) is 0 Å². The minimum Gasteiger partial charge on any atom is -0.450 e. The number of carbonyl (C=O) groups excluding carboxylic acids is 1. The van der Waals surface area contributed by atoms with Crippen molar-refractivity contribution in [3.8, 4) is 0 Å². The second-order valence-corrected chi connectivity index (χ2v) is 13.4. The third-order valence-electron chi connectivity index (χ3n) is 9.06. The minimum atomic E-state index is -1.53. The van der Waals surface area contributed by atoms with E-state index in [1.165, 1.54) is 0 Å². The van der Waals surface area contributed by atoms with Crippen LogP contribution in [0, 0.1) is 0 Å². The molecule has 1 aromatic carbocycles. The molecular weight excluding hydrogens is 660 g/mol. The molecule has 0 saturated carbocycles. The number of hydrogen-bond donors (Lipinski definition) is 2. The molecule has 2 saturated heterocycles. The number of aliphatic hydroxyl groups excluding tert-OH is 2. The molecule has 12 heteroatoms. The molecule has 2 fully saturated rings. The van der Waals surface area contributed by atoms with Crippen molar-refractivity contribution in [2.24, 2.45) is 0 Å². The monoisotopic (exact) mass is 726 g/mol. The molecular formula is C39H66O12. The SMILES string of the molecule is CCCCOCC1OC(OCC2OC(O)C(OC(=O)c3ccccc3)C(OCCCC)C2OCCCC)C(O)C(OCCCC)C1OCCCC. The lowest BCUT2D eigenvalue weighted by molar-refractivity contribution is -0.337. The first-order chi connectivity index (χ1) is 24.9. The molecule has 3 rings (SSSR count). The zero-order valence-electron chi connectivity index (χ0n) is 31.7. The highest BCUT2D eigenvalue weighted by Gasteiger charge is 2.51. The van der Waals surface area contributed by atoms with E-state index in [2.05, 4.69) is 34.6 Å². The van der Waals surface area contributed by atoms with Crippen LogP contribution in [0.1, 0.15) is 109 Å². The van der Waals surface area contributed by atoms with Crippen LogP contribution in [0.15, 0.2) is 30.3 Å². The van der Waals surface area contributed by atoms with E-state index >= 15 is 0 Å². The number of benzene rings is 1. The third kappa shape index (κ3) is 14.2. The second kappa shape index (κ2) is 25.3. The van der Waals surface area contributed by atoms with Crippen LogP contribution in [0.4, 0.5) is 0 Å². The van der Waals surface area contributed by atoms with E-state index in [1.54, 1.807) is 24.3 Å². The molecule has 10 atom stereocenters. The lowest BCUT2D eigenvalue weighted by Crippen LogP contribution is -2.63. The maximum Gasteiger partial charge on any atom is 0.338 e. The Labute approximate surface area is 305 Å². The predicted molar refractivity (Wildman–Crippen MR) is 191 cm³/mol. The van der Waals surface area contributed by atoms with Crippen LogP contribution in [-0.4, -0.2) is 124 Å². The first kappa shape index (κ1) is 43.7. The van der Waals surface area contributed by atoms with Gasteiger partial charge in [-0.1, -0.05) is 84.9 Å². The highest BCUT2D eigenvalue weighted by Crippen LogP contribution is 2.32. The second-order valence-electron chi connectivity index (χ2n) is 13.4. The van der Waals surface area contributed by atoms with Gasteiger partial charge in [0.25, 0.3) is 0 Å². The molecule has 294 valence electrons. The van der Waals surface area contributed by atoms with E-state index in [-0.39, 0.29) is 13.2 Å². The van der Waals surface area contributed by atoms with Crippen LogP contribution in [0.5, 0.6) is 0 Å². The Morgan fingerprint density at radius 2 is 1.08 bits per heavy atom. The smallest absolute Gasteiger partial charge is 0.338 e. The van der Waals surface area contributed by atoms with Crippen molar-refractivity contribution in [3.63, 3.8) is 0 Å². The average molecular weight is 727 g/mol. The van der Waals surface area contributed by atoms with Gasteiger partial charge in [-0.3, -0.25) is 0 Å². The summed E-state index contributed by atoms with van der Waals surface area (Å²) >= 11 is 0. The standard InChI is InChI=1S/C39H66O12/c1-6-11-21-43-26-29-32(44-22-12-7-2)34(46-24-14-9-4)31(40)39(50-29)48-27-30-33(45-23-13-8-3)35(47-25-15-10-5)36(38(42)49-30)51-37(41)28-19-17-16-18-20-28/h16-20,29-36,38-40,42H,6-15,21-27H2,1-5H3. The van der Waals surface area contributed by atoms with Gasteiger partial charge in [0.1, 0.15) is 42.7 Å². The molecule has 10 unspecified atom stereocenters. The van der Waals surface area contributed by atoms with E-state index in [4.69, 9.17) is 42.6 Å². The van der Waals surface area contributed by atoms with Gasteiger partial charge >= 0.3 is 5.97 Å². The van der Waals surface area contributed by atoms with Crippen LogP contribution in [0.3, 0.4) is 0 Å². The zero-order chi connectivity index (χ0) is 36.8. The molecule has 51 heavy (non-hydrogen) atoms. The molecule has 0 radical (unpaired) electrons. The summed E-state index contributed by atoms with van der Waals surface area (Å²) in [6, 6.07) is 8.58. The summed E-state index contributed by atoms with van der Waals surface area (Å²) in [6.45, 7) is 12.8. The van der Waals surface area contributed by atoms with Gasteiger partial charge in [0.05, 0.1) is 18.8 Å². The van der Waals surface area contributed by atoms with Crippen LogP contribution in [0.2, 0.25) is 0 Å². The Morgan fingerprint density at radius 3 is 1.65 bits per heavy atom. The van der Waals surface area contributed by atoms with E-state index < -0.39 is 67.4 Å². The normalized spacial score (nSPS) is 29.6. The number of rotatable bonds is 26. The van der Waals surface area contributed by atoms with E-state index in [0.717, 1.165) is 64.2 Å². The number of carbonyl (C=O) groups is 1. The molecule has 2 heterocycles. The summed E-state index contributed by atoms with van der Waals surface area (Å²) < 4.78 is 55.8. The minimum absolute atomic E-state index is 0.116. The lowest BCUT2D eigenvalue weighted by Gasteiger charge is -2.46.